The molecule has 3 aromatic heterocycles. The van der Waals surface area contributed by atoms with Gasteiger partial charge in [0, 0.05) is 138 Å². The molecule has 10 aromatic rings. The van der Waals surface area contributed by atoms with E-state index in [2.05, 4.69) is 91.4 Å². The van der Waals surface area contributed by atoms with Gasteiger partial charge in [0.2, 0.25) is 0 Å². The van der Waals surface area contributed by atoms with Gasteiger partial charge >= 0.3 is 0 Å². The van der Waals surface area contributed by atoms with Crippen LogP contribution in [0, 0.1) is 35.5 Å². The normalized spacial score (nSPS) is 13.3. The fraction of sp³-hybridized carbons (Fsp3) is 0.253. The highest BCUT2D eigenvalue weighted by Gasteiger charge is 2.34. The van der Waals surface area contributed by atoms with E-state index in [-0.39, 0.29) is 23.4 Å². The Morgan fingerprint density at radius 3 is 1.35 bits per heavy atom. The molecule has 510 valence electrons. The molecule has 13 rings (SSSR count). The molecular weight excluding hydrogens is 1320 g/mol. The largest absolute Gasteiger partial charge is 0.383 e. The molecule has 3 aliphatic rings. The molecule has 6 N–H and O–H groups in total. The van der Waals surface area contributed by atoms with Crippen LogP contribution in [0.4, 0.5) is 17.5 Å². The van der Waals surface area contributed by atoms with Crippen molar-refractivity contribution < 1.29 is 19.2 Å². The predicted octanol–water partition coefficient (Wildman–Crippen LogP) is 15.5. The number of hydrogen-bond donors (Lipinski definition) is 3. The van der Waals surface area contributed by atoms with E-state index in [1.54, 1.807) is 73.2 Å². The summed E-state index contributed by atoms with van der Waals surface area (Å²) in [5, 5.41) is 7.31. The molecule has 2 amide bonds. The van der Waals surface area contributed by atoms with Gasteiger partial charge in [-0.2, -0.15) is 0 Å². The van der Waals surface area contributed by atoms with Crippen molar-refractivity contribution >= 4 is 114 Å². The summed E-state index contributed by atoms with van der Waals surface area (Å²) in [5.41, 5.74) is 26.0. The monoisotopic (exact) mass is 1400 g/mol. The van der Waals surface area contributed by atoms with Crippen molar-refractivity contribution in [1.82, 2.24) is 34.6 Å². The summed E-state index contributed by atoms with van der Waals surface area (Å²) in [6.07, 6.45) is 15.6. The van der Waals surface area contributed by atoms with Crippen molar-refractivity contribution in [2.24, 2.45) is 4.99 Å². The lowest BCUT2D eigenvalue weighted by Crippen LogP contribution is -2.39. The van der Waals surface area contributed by atoms with E-state index in [9.17, 15) is 19.2 Å². The van der Waals surface area contributed by atoms with Crippen LogP contribution >= 0.6 is 34.8 Å². The first-order valence-corrected chi connectivity index (χ1v) is 35.2. The Morgan fingerprint density at radius 1 is 0.475 bits per heavy atom. The summed E-state index contributed by atoms with van der Waals surface area (Å²) in [6.45, 7) is 7.89. The third-order valence-electron chi connectivity index (χ3n) is 17.9. The number of aliphatic imine (C=N–C) groups is 1. The number of rotatable bonds is 18. The van der Waals surface area contributed by atoms with Crippen molar-refractivity contribution in [2.75, 3.05) is 83.7 Å². The Morgan fingerprint density at radius 2 is 0.901 bits per heavy atom. The van der Waals surface area contributed by atoms with E-state index in [0.717, 1.165) is 118 Å². The number of ketones is 2. The van der Waals surface area contributed by atoms with Gasteiger partial charge in [-0.15, -0.1) is 0 Å². The summed E-state index contributed by atoms with van der Waals surface area (Å²) < 4.78 is 0. The number of Topliss-reactive ketones (excluding diaryl/α,β-unsaturated/α-hetero) is 2. The number of aromatic nitrogens is 3. The van der Waals surface area contributed by atoms with Gasteiger partial charge in [0.15, 0.2) is 11.6 Å². The van der Waals surface area contributed by atoms with Crippen molar-refractivity contribution in [3.05, 3.63) is 247 Å². The molecule has 18 heteroatoms. The van der Waals surface area contributed by atoms with E-state index >= 15 is 0 Å². The Bertz CT molecular complexity index is 4890. The van der Waals surface area contributed by atoms with E-state index in [1.165, 1.54) is 43.7 Å². The number of anilines is 3. The van der Waals surface area contributed by atoms with Gasteiger partial charge in [-0.05, 0) is 157 Å². The Kier molecular flexibility index (Phi) is 24.6. The van der Waals surface area contributed by atoms with Crippen LogP contribution < -0.4 is 17.2 Å². The van der Waals surface area contributed by atoms with Crippen LogP contribution in [0.3, 0.4) is 0 Å². The van der Waals surface area contributed by atoms with Crippen LogP contribution in [0.2, 0.25) is 15.1 Å². The molecule has 101 heavy (non-hydrogen) atoms. The number of nitrogens with zero attached hydrogens (tertiary/aromatic N) is 8. The number of likely N-dealkylation sites (tertiary alicyclic amines) is 1. The molecule has 3 aliphatic heterocycles. The van der Waals surface area contributed by atoms with Crippen LogP contribution in [0.5, 0.6) is 0 Å². The topological polar surface area (TPSA) is 210 Å². The maximum atomic E-state index is 12.6. The fourth-order valence-electron chi connectivity index (χ4n) is 12.3. The van der Waals surface area contributed by atoms with Gasteiger partial charge in [-0.3, -0.25) is 29.1 Å². The molecular formula is C83H78Cl3N11O4. The molecule has 0 bridgehead atoms. The molecule has 0 spiro atoms. The zero-order valence-corrected chi connectivity index (χ0v) is 58.9. The predicted molar refractivity (Wildman–Crippen MR) is 410 cm³/mol. The molecule has 15 nitrogen and oxygen atoms in total. The average molecular weight is 1400 g/mol. The standard InChI is InChI=1S/C30H22ClN3O3.C27H28ClN5.C26H28ClN3O/c31-22-14-13-21-18-33-28(32)23(26(21)17-22)15-10-19-8-11-20(12-9-19)27(35)7-3-4-16-34-29(36)24-5-1-2-6-25(24)30(34)37;28-23-10-9-22-19-31-26(29)24(25(22)18-23)11-6-20-4-7-21(8-5-20)27-30-12-15-33(27)17-16-32-13-2-1-3-14-32;1-30(2)16-6-4-3-5-7-25(31)20-11-8-19(9-12-20)10-15-23-24-17-22(27)14-13-21(24)18-29-26(23)28/h1-2,5-6,8-9,11-14,17-18H,3-4,7,16H2,(H2,32,33);4-5,7-10,18-19H,1-3,12-17H2,(H2,29,31);8-9,11-14,17-18H,3-7,16H2,1-2H3,(H2,28,29). The number of hydrogen-bond acceptors (Lipinski definition) is 14. The Labute approximate surface area is 605 Å². The molecule has 0 aliphatic carbocycles. The van der Waals surface area contributed by atoms with Crippen molar-refractivity contribution in [3.63, 3.8) is 0 Å². The zero-order chi connectivity index (χ0) is 70.8. The maximum absolute atomic E-state index is 12.6. The first kappa shape index (κ1) is 71.9. The minimum atomic E-state index is -0.271. The lowest BCUT2D eigenvalue weighted by Gasteiger charge is -2.29. The SMILES string of the molecule is CN(C)CCCCCCC(=O)c1ccc(C#Cc2c(N)ncc3ccc(Cl)cc23)cc1.Nc1ncc2ccc(Cl)cc2c1C#Cc1ccc(C(=O)CCCCN2C(=O)c3ccccc3C2=O)cc1.Nc1ncc2ccc(Cl)cc2c1C#Cc1ccc(C2=NCCN2CCN2CCCCC2)cc1. The Hall–Kier alpha value is -10.4. The maximum Gasteiger partial charge on any atom is 0.261 e. The number of benzene rings is 7. The lowest BCUT2D eigenvalue weighted by atomic mass is 10.0. The highest BCUT2D eigenvalue weighted by Crippen LogP contribution is 2.29. The molecule has 7 aromatic carbocycles. The number of amides is 2. The van der Waals surface area contributed by atoms with E-state index in [1.807, 2.05) is 84.9 Å². The van der Waals surface area contributed by atoms with Crippen molar-refractivity contribution in [1.29, 1.82) is 0 Å². The molecule has 1 fully saturated rings. The minimum Gasteiger partial charge on any atom is -0.383 e. The molecule has 1 saturated heterocycles. The van der Waals surface area contributed by atoms with E-state index in [4.69, 9.17) is 57.0 Å². The smallest absolute Gasteiger partial charge is 0.261 e. The average Bonchev–Trinajstić information content (AvgIpc) is 1.60. The van der Waals surface area contributed by atoms with E-state index < -0.39 is 0 Å². The van der Waals surface area contributed by atoms with Gasteiger partial charge < -0.3 is 31.9 Å². The second-order valence-corrected chi connectivity index (χ2v) is 26.7. The van der Waals surface area contributed by atoms with Gasteiger partial charge in [0.05, 0.1) is 34.4 Å². The molecule has 0 atom stereocenters. The number of amidine groups is 1. The number of carbonyl (C=O) groups is 4. The second kappa shape index (κ2) is 34.6. The van der Waals surface area contributed by atoms with Crippen molar-refractivity contribution in [2.45, 2.75) is 70.6 Å². The van der Waals surface area contributed by atoms with E-state index in [0.29, 0.717) is 98.1 Å². The quantitative estimate of drug-likeness (QED) is 0.0316. The number of nitrogens with two attached hydrogens (primary N) is 3. The molecule has 0 radical (unpaired) electrons. The van der Waals surface area contributed by atoms with Gasteiger partial charge in [-0.25, -0.2) is 15.0 Å². The van der Waals surface area contributed by atoms with Crippen LogP contribution in [-0.4, -0.2) is 130 Å². The van der Waals surface area contributed by atoms with Crippen molar-refractivity contribution in [3.8, 4) is 35.5 Å². The van der Waals surface area contributed by atoms with Gasteiger partial charge in [0.1, 0.15) is 23.3 Å². The number of piperidine rings is 1. The van der Waals surface area contributed by atoms with Crippen LogP contribution in [0.15, 0.2) is 175 Å². The molecule has 6 heterocycles. The van der Waals surface area contributed by atoms with Gasteiger partial charge in [0.25, 0.3) is 11.8 Å². The second-order valence-electron chi connectivity index (χ2n) is 25.4. The number of fused-ring (bicyclic) bond motifs is 4. The lowest BCUT2D eigenvalue weighted by molar-refractivity contribution is 0.0651. The molecule has 0 saturated carbocycles. The Balaban J connectivity index is 0.000000153. The molecule has 0 unspecified atom stereocenters. The van der Waals surface area contributed by atoms with Gasteiger partial charge in [-0.1, -0.05) is 156 Å². The summed E-state index contributed by atoms with van der Waals surface area (Å²) in [4.78, 5) is 75.9. The fourth-order valence-corrected chi connectivity index (χ4v) is 12.9. The number of unbranched alkanes of at least 4 members (excludes halogenated alkanes) is 4. The number of imide groups is 1. The first-order chi connectivity index (χ1) is 49.0. The number of halogens is 3. The van der Waals surface area contributed by atoms with Crippen LogP contribution in [0.25, 0.3) is 32.3 Å². The number of pyridine rings is 3. The van der Waals surface area contributed by atoms with Crippen LogP contribution in [-0.2, 0) is 0 Å². The third-order valence-corrected chi connectivity index (χ3v) is 18.6. The summed E-state index contributed by atoms with van der Waals surface area (Å²) >= 11 is 18.5. The number of nitrogen functional groups attached to an aromatic ring is 3. The highest BCUT2D eigenvalue weighted by atomic mass is 35.5. The first-order valence-electron chi connectivity index (χ1n) is 34.1. The number of carbonyl (C=O) groups excluding carboxylic acids is 4. The minimum absolute atomic E-state index is 0.000917. The van der Waals surface area contributed by atoms with Crippen LogP contribution in [0.1, 0.15) is 151 Å². The zero-order valence-electron chi connectivity index (χ0n) is 56.7. The summed E-state index contributed by atoms with van der Waals surface area (Å²) in [7, 11) is 4.17. The summed E-state index contributed by atoms with van der Waals surface area (Å²) in [6, 6.07) is 46.4. The third kappa shape index (κ3) is 18.9. The highest BCUT2D eigenvalue weighted by molar-refractivity contribution is 6.32. The summed E-state index contributed by atoms with van der Waals surface area (Å²) in [5.74, 6) is 20.7.